The molecule has 6 nitrogen and oxygen atoms in total. The van der Waals surface area contributed by atoms with E-state index in [-0.39, 0.29) is 17.3 Å². The maximum atomic E-state index is 13.0. The molecule has 1 amide bonds. The fourth-order valence-electron chi connectivity index (χ4n) is 5.65. The van der Waals surface area contributed by atoms with Crippen molar-refractivity contribution in [2.75, 3.05) is 13.7 Å². The van der Waals surface area contributed by atoms with E-state index in [1.165, 1.54) is 19.3 Å². The number of alkyl halides is 1. The largest absolute Gasteiger partial charge is 0.352 e. The molecule has 4 N–H and O–H groups in total. The normalized spacial score (nSPS) is 42.2. The first kappa shape index (κ1) is 22.2. The molecular weight excluding hydrogens is 406 g/mol. The highest BCUT2D eigenvalue weighted by atomic mass is 35.5. The summed E-state index contributed by atoms with van der Waals surface area (Å²) in [6, 6.07) is 0.715. The van der Waals surface area contributed by atoms with Gasteiger partial charge in [0.25, 0.3) is 0 Å². The summed E-state index contributed by atoms with van der Waals surface area (Å²) in [6.45, 7) is 3.23. The van der Waals surface area contributed by atoms with Crippen LogP contribution in [0.3, 0.4) is 0 Å². The number of nitrogens with zero attached hydrogens (tertiary/aromatic N) is 1. The van der Waals surface area contributed by atoms with Crippen molar-refractivity contribution < 1.29 is 4.79 Å². The van der Waals surface area contributed by atoms with Gasteiger partial charge in [0.2, 0.25) is 5.91 Å². The van der Waals surface area contributed by atoms with Gasteiger partial charge in [-0.2, -0.15) is 0 Å². The molecule has 0 aromatic heterocycles. The van der Waals surface area contributed by atoms with Gasteiger partial charge in [0.05, 0.1) is 12.7 Å². The minimum Gasteiger partial charge on any atom is -0.352 e. The van der Waals surface area contributed by atoms with E-state index in [4.69, 9.17) is 11.6 Å². The van der Waals surface area contributed by atoms with Crippen molar-refractivity contribution in [3.63, 3.8) is 0 Å². The average molecular weight is 444 g/mol. The van der Waals surface area contributed by atoms with Crippen molar-refractivity contribution >= 4 is 29.3 Å². The first-order chi connectivity index (χ1) is 14.0. The number of carbonyl (C=O) groups excluding carboxylic acids is 1. The summed E-state index contributed by atoms with van der Waals surface area (Å²) < 4.78 is 0. The molecule has 29 heavy (non-hydrogen) atoms. The number of hydrogen-bond acceptors (Lipinski definition) is 6. The number of nitrogens with one attached hydrogen (secondary N) is 4. The van der Waals surface area contributed by atoms with Crippen LogP contribution in [0, 0.1) is 11.8 Å². The number of fused-ring (bicyclic) bond motifs is 1. The molecule has 0 spiro atoms. The van der Waals surface area contributed by atoms with Gasteiger partial charge in [-0.15, -0.1) is 23.4 Å². The van der Waals surface area contributed by atoms with Gasteiger partial charge in [-0.05, 0) is 70.3 Å². The molecular formula is C21H38ClN5OS. The predicted molar refractivity (Wildman–Crippen MR) is 121 cm³/mol. The molecule has 166 valence electrons. The van der Waals surface area contributed by atoms with Crippen molar-refractivity contribution in [3.8, 4) is 0 Å². The summed E-state index contributed by atoms with van der Waals surface area (Å²) in [5, 5.41) is 7.89. The molecule has 4 rings (SSSR count). The van der Waals surface area contributed by atoms with Crippen LogP contribution < -0.4 is 21.5 Å². The quantitative estimate of drug-likeness (QED) is 0.490. The molecule has 0 aromatic rings. The molecule has 0 radical (unpaired) electrons. The van der Waals surface area contributed by atoms with Gasteiger partial charge >= 0.3 is 0 Å². The standard InChI is InChI=1S/C21H38ClN5OS/c1-13(29-21-26-23-12-27(21)2)15-4-3-5-17(10-15)24-20(28)18-9-7-14-6-8-16(22)11-19(14)25-18/h13-19,21,23,25-26H,3-12H2,1-2H3,(H,24,28). The lowest BCUT2D eigenvalue weighted by Gasteiger charge is -2.42. The minimum atomic E-state index is -0.0344. The van der Waals surface area contributed by atoms with Crippen molar-refractivity contribution in [2.24, 2.45) is 11.8 Å². The molecule has 2 aliphatic heterocycles. The molecule has 8 heteroatoms. The minimum absolute atomic E-state index is 0.0344. The van der Waals surface area contributed by atoms with E-state index in [9.17, 15) is 4.79 Å². The second-order valence-electron chi connectivity index (χ2n) is 9.64. The first-order valence-corrected chi connectivity index (χ1v) is 12.9. The van der Waals surface area contributed by atoms with Gasteiger partial charge in [0.1, 0.15) is 5.50 Å². The van der Waals surface area contributed by atoms with Gasteiger partial charge < -0.3 is 10.6 Å². The van der Waals surface area contributed by atoms with Crippen molar-refractivity contribution in [1.82, 2.24) is 26.4 Å². The molecule has 0 bridgehead atoms. The van der Waals surface area contributed by atoms with E-state index in [0.29, 0.717) is 34.7 Å². The van der Waals surface area contributed by atoms with Crippen LogP contribution in [0.5, 0.6) is 0 Å². The van der Waals surface area contributed by atoms with E-state index >= 15 is 0 Å². The molecule has 2 aliphatic carbocycles. The maximum Gasteiger partial charge on any atom is 0.237 e. The third-order valence-electron chi connectivity index (χ3n) is 7.51. The Kier molecular flexibility index (Phi) is 7.68. The Hall–Kier alpha value is -0.0500. The number of amides is 1. The summed E-state index contributed by atoms with van der Waals surface area (Å²) in [5.74, 6) is 1.59. The Morgan fingerprint density at radius 1 is 1.17 bits per heavy atom. The van der Waals surface area contributed by atoms with Gasteiger partial charge in [-0.1, -0.05) is 13.3 Å². The second kappa shape index (κ2) is 10.0. The summed E-state index contributed by atoms with van der Waals surface area (Å²) in [7, 11) is 2.14. The third kappa shape index (κ3) is 5.60. The average Bonchev–Trinajstić information content (AvgIpc) is 3.12. The van der Waals surface area contributed by atoms with E-state index in [0.717, 1.165) is 45.2 Å². The van der Waals surface area contributed by atoms with Crippen LogP contribution in [0.15, 0.2) is 0 Å². The van der Waals surface area contributed by atoms with Crippen molar-refractivity contribution in [1.29, 1.82) is 0 Å². The molecule has 2 saturated carbocycles. The molecule has 8 unspecified atom stereocenters. The number of carbonyl (C=O) groups is 1. The monoisotopic (exact) mass is 443 g/mol. The van der Waals surface area contributed by atoms with Gasteiger partial charge in [-0.3, -0.25) is 9.69 Å². The lowest BCUT2D eigenvalue weighted by Crippen LogP contribution is -2.57. The number of piperidine rings is 1. The Morgan fingerprint density at radius 3 is 2.79 bits per heavy atom. The van der Waals surface area contributed by atoms with Gasteiger partial charge in [-0.25, -0.2) is 10.9 Å². The highest BCUT2D eigenvalue weighted by molar-refractivity contribution is 8.00. The van der Waals surface area contributed by atoms with Crippen LogP contribution in [-0.2, 0) is 4.79 Å². The molecule has 4 aliphatic rings. The molecule has 2 saturated heterocycles. The van der Waals surface area contributed by atoms with Crippen LogP contribution in [0.4, 0.5) is 0 Å². The number of hydrazine groups is 1. The Bertz CT molecular complexity index is 569. The van der Waals surface area contributed by atoms with Crippen LogP contribution >= 0.6 is 23.4 Å². The fraction of sp³-hybridized carbons (Fsp3) is 0.952. The van der Waals surface area contributed by atoms with Gasteiger partial charge in [0, 0.05) is 22.7 Å². The summed E-state index contributed by atoms with van der Waals surface area (Å²) in [6.07, 6.45) is 10.2. The lowest BCUT2D eigenvalue weighted by molar-refractivity contribution is -0.125. The number of rotatable bonds is 5. The smallest absolute Gasteiger partial charge is 0.237 e. The van der Waals surface area contributed by atoms with Crippen molar-refractivity contribution in [3.05, 3.63) is 0 Å². The van der Waals surface area contributed by atoms with Gasteiger partial charge in [0.15, 0.2) is 0 Å². The predicted octanol–water partition coefficient (Wildman–Crippen LogP) is 2.59. The van der Waals surface area contributed by atoms with Crippen LogP contribution in [-0.4, -0.2) is 58.8 Å². The van der Waals surface area contributed by atoms with E-state index < -0.39 is 0 Å². The Morgan fingerprint density at radius 2 is 2.00 bits per heavy atom. The van der Waals surface area contributed by atoms with E-state index in [1.54, 1.807) is 0 Å². The third-order valence-corrected chi connectivity index (χ3v) is 9.46. The number of halogens is 1. The lowest BCUT2D eigenvalue weighted by atomic mass is 9.77. The Balaban J connectivity index is 1.25. The fourth-order valence-corrected chi connectivity index (χ4v) is 7.28. The molecule has 4 fully saturated rings. The zero-order valence-corrected chi connectivity index (χ0v) is 19.4. The molecule has 0 aromatic carbocycles. The number of thioether (sulfide) groups is 1. The number of hydrogen-bond donors (Lipinski definition) is 4. The first-order valence-electron chi connectivity index (χ1n) is 11.5. The van der Waals surface area contributed by atoms with E-state index in [1.807, 2.05) is 11.8 Å². The van der Waals surface area contributed by atoms with Crippen LogP contribution in [0.25, 0.3) is 0 Å². The zero-order valence-electron chi connectivity index (χ0n) is 17.8. The molecule has 2 heterocycles. The van der Waals surface area contributed by atoms with Crippen LogP contribution in [0.1, 0.15) is 64.7 Å². The van der Waals surface area contributed by atoms with Crippen molar-refractivity contribution in [2.45, 2.75) is 99.0 Å². The van der Waals surface area contributed by atoms with Crippen LogP contribution in [0.2, 0.25) is 0 Å². The SMILES string of the molecule is CC(SC1NNCN1C)C1CCCC(NC(=O)C2CCC3CCC(Cl)CC3N2)C1. The topological polar surface area (TPSA) is 68.4 Å². The van der Waals surface area contributed by atoms with E-state index in [2.05, 4.69) is 40.4 Å². The molecule has 8 atom stereocenters. The summed E-state index contributed by atoms with van der Waals surface area (Å²) in [4.78, 5) is 15.3. The summed E-state index contributed by atoms with van der Waals surface area (Å²) >= 11 is 8.38. The second-order valence-corrected chi connectivity index (χ2v) is 11.7. The highest BCUT2D eigenvalue weighted by Crippen LogP contribution is 2.36. The zero-order chi connectivity index (χ0) is 20.4. The summed E-state index contributed by atoms with van der Waals surface area (Å²) in [5.41, 5.74) is 6.88. The Labute approximate surface area is 185 Å². The maximum absolute atomic E-state index is 13.0. The highest BCUT2D eigenvalue weighted by Gasteiger charge is 2.38.